The summed E-state index contributed by atoms with van der Waals surface area (Å²) in [5.41, 5.74) is 1.05. The van der Waals surface area contributed by atoms with Crippen LogP contribution in [0, 0.1) is 0 Å². The number of carboxylic acid groups (broad SMARTS) is 1. The van der Waals surface area contributed by atoms with Crippen LogP contribution in [0.1, 0.15) is 28.9 Å². The second-order valence-corrected chi connectivity index (χ2v) is 4.53. The highest BCUT2D eigenvalue weighted by molar-refractivity contribution is 5.87. The monoisotopic (exact) mass is 251 g/mol. The topological polar surface area (TPSA) is 65.5 Å². The summed E-state index contributed by atoms with van der Waals surface area (Å²) in [6.07, 6.45) is 3.80. The van der Waals surface area contributed by atoms with Crippen molar-refractivity contribution in [3.05, 3.63) is 29.6 Å². The van der Waals surface area contributed by atoms with E-state index < -0.39 is 5.97 Å². The first kappa shape index (κ1) is 14.6. The van der Waals surface area contributed by atoms with Crippen molar-refractivity contribution in [1.82, 2.24) is 15.2 Å². The lowest BCUT2D eigenvalue weighted by Crippen LogP contribution is -2.18. The number of hydrogen-bond acceptors (Lipinski definition) is 4. The first-order valence-electron chi connectivity index (χ1n) is 6.13. The molecule has 0 fully saturated rings. The molecule has 0 amide bonds. The van der Waals surface area contributed by atoms with E-state index in [-0.39, 0.29) is 5.56 Å². The van der Waals surface area contributed by atoms with Gasteiger partial charge >= 0.3 is 5.97 Å². The molecule has 0 aromatic carbocycles. The SMILES string of the molecule is CN(C)CCCCNCc1cc(C(=O)O)ccn1. The highest BCUT2D eigenvalue weighted by atomic mass is 16.4. The van der Waals surface area contributed by atoms with Gasteiger partial charge in [-0.2, -0.15) is 0 Å². The molecular formula is C13H21N3O2. The summed E-state index contributed by atoms with van der Waals surface area (Å²) >= 11 is 0. The number of hydrogen-bond donors (Lipinski definition) is 2. The quantitative estimate of drug-likeness (QED) is 0.680. The predicted molar refractivity (Wildman–Crippen MR) is 70.7 cm³/mol. The summed E-state index contributed by atoms with van der Waals surface area (Å²) in [5, 5.41) is 12.1. The predicted octanol–water partition coefficient (Wildman–Crippen LogP) is 1.21. The fraction of sp³-hybridized carbons (Fsp3) is 0.538. The second kappa shape index (κ2) is 7.79. The number of carbonyl (C=O) groups is 1. The fourth-order valence-electron chi connectivity index (χ4n) is 1.60. The minimum atomic E-state index is -0.912. The Labute approximate surface area is 108 Å². The molecule has 0 aliphatic rings. The molecule has 0 unspecified atom stereocenters. The second-order valence-electron chi connectivity index (χ2n) is 4.53. The largest absolute Gasteiger partial charge is 0.478 e. The third kappa shape index (κ3) is 5.75. The molecule has 5 heteroatoms. The molecular weight excluding hydrogens is 230 g/mol. The molecule has 0 radical (unpaired) electrons. The minimum absolute atomic E-state index is 0.286. The molecule has 0 atom stereocenters. The van der Waals surface area contributed by atoms with Crippen LogP contribution in [0.4, 0.5) is 0 Å². The Kier molecular flexibility index (Phi) is 6.32. The maximum absolute atomic E-state index is 10.8. The molecule has 0 bridgehead atoms. The number of carboxylic acids is 1. The first-order valence-corrected chi connectivity index (χ1v) is 6.13. The third-order valence-electron chi connectivity index (χ3n) is 2.58. The van der Waals surface area contributed by atoms with Crippen LogP contribution in [-0.2, 0) is 6.54 Å². The van der Waals surface area contributed by atoms with Crippen LogP contribution in [0.5, 0.6) is 0 Å². The number of rotatable bonds is 8. The van der Waals surface area contributed by atoms with Gasteiger partial charge in [0.15, 0.2) is 0 Å². The average molecular weight is 251 g/mol. The average Bonchev–Trinajstić information content (AvgIpc) is 2.33. The molecule has 1 rings (SSSR count). The summed E-state index contributed by atoms with van der Waals surface area (Å²) in [6.45, 7) is 2.63. The number of unbranched alkanes of at least 4 members (excludes halogenated alkanes) is 1. The van der Waals surface area contributed by atoms with E-state index in [4.69, 9.17) is 5.11 Å². The van der Waals surface area contributed by atoms with Crippen molar-refractivity contribution in [1.29, 1.82) is 0 Å². The maximum Gasteiger partial charge on any atom is 0.335 e. The molecule has 0 saturated heterocycles. The summed E-state index contributed by atoms with van der Waals surface area (Å²) in [7, 11) is 4.13. The van der Waals surface area contributed by atoms with Crippen LogP contribution >= 0.6 is 0 Å². The number of aromatic carboxylic acids is 1. The fourth-order valence-corrected chi connectivity index (χ4v) is 1.60. The number of nitrogens with zero attached hydrogens (tertiary/aromatic N) is 2. The van der Waals surface area contributed by atoms with Gasteiger partial charge in [-0.3, -0.25) is 4.98 Å². The van der Waals surface area contributed by atoms with E-state index in [1.807, 2.05) is 0 Å². The van der Waals surface area contributed by atoms with Crippen LogP contribution in [0.3, 0.4) is 0 Å². The Morgan fingerprint density at radius 3 is 2.89 bits per heavy atom. The highest BCUT2D eigenvalue weighted by Crippen LogP contribution is 2.01. The van der Waals surface area contributed by atoms with Crippen LogP contribution < -0.4 is 5.32 Å². The van der Waals surface area contributed by atoms with Gasteiger partial charge in [0.2, 0.25) is 0 Å². The normalized spacial score (nSPS) is 10.8. The zero-order chi connectivity index (χ0) is 13.4. The summed E-state index contributed by atoms with van der Waals surface area (Å²) < 4.78 is 0. The van der Waals surface area contributed by atoms with Crippen LogP contribution in [-0.4, -0.2) is 48.1 Å². The lowest BCUT2D eigenvalue weighted by molar-refractivity contribution is 0.0696. The molecule has 1 aromatic rings. The zero-order valence-corrected chi connectivity index (χ0v) is 11.0. The van der Waals surface area contributed by atoms with Crippen molar-refractivity contribution in [2.24, 2.45) is 0 Å². The van der Waals surface area contributed by atoms with Gasteiger partial charge in [0, 0.05) is 12.7 Å². The van der Waals surface area contributed by atoms with Crippen molar-refractivity contribution in [2.75, 3.05) is 27.2 Å². The molecule has 18 heavy (non-hydrogen) atoms. The van der Waals surface area contributed by atoms with Crippen molar-refractivity contribution < 1.29 is 9.90 Å². The maximum atomic E-state index is 10.8. The lowest BCUT2D eigenvalue weighted by atomic mass is 10.2. The Hall–Kier alpha value is -1.46. The third-order valence-corrected chi connectivity index (χ3v) is 2.58. The van der Waals surface area contributed by atoms with E-state index in [9.17, 15) is 4.79 Å². The van der Waals surface area contributed by atoms with Crippen molar-refractivity contribution in [3.8, 4) is 0 Å². The van der Waals surface area contributed by atoms with Gasteiger partial charge in [-0.05, 0) is 52.2 Å². The molecule has 0 aliphatic carbocycles. The molecule has 2 N–H and O–H groups in total. The van der Waals surface area contributed by atoms with E-state index in [0.29, 0.717) is 6.54 Å². The number of nitrogens with one attached hydrogen (secondary N) is 1. The smallest absolute Gasteiger partial charge is 0.335 e. The van der Waals surface area contributed by atoms with Gasteiger partial charge in [0.1, 0.15) is 0 Å². The van der Waals surface area contributed by atoms with Gasteiger partial charge in [0.05, 0.1) is 11.3 Å². The molecule has 0 saturated carbocycles. The standard InChI is InChI=1S/C13H21N3O2/c1-16(2)8-4-3-6-14-10-12-9-11(13(17)18)5-7-15-12/h5,7,9,14H,3-4,6,8,10H2,1-2H3,(H,17,18). The van der Waals surface area contributed by atoms with Crippen molar-refractivity contribution >= 4 is 5.97 Å². The van der Waals surface area contributed by atoms with Gasteiger partial charge in [-0.15, -0.1) is 0 Å². The summed E-state index contributed by atoms with van der Waals surface area (Å²) in [5.74, 6) is -0.912. The van der Waals surface area contributed by atoms with Gasteiger partial charge < -0.3 is 15.3 Å². The van der Waals surface area contributed by atoms with E-state index >= 15 is 0 Å². The number of pyridine rings is 1. The minimum Gasteiger partial charge on any atom is -0.478 e. The molecule has 0 spiro atoms. The van der Waals surface area contributed by atoms with Gasteiger partial charge in [-0.25, -0.2) is 4.79 Å². The first-order chi connectivity index (χ1) is 8.59. The molecule has 0 aliphatic heterocycles. The van der Waals surface area contributed by atoms with E-state index in [2.05, 4.69) is 29.3 Å². The Balaban J connectivity index is 2.23. The van der Waals surface area contributed by atoms with Crippen molar-refractivity contribution in [3.63, 3.8) is 0 Å². The Morgan fingerprint density at radius 2 is 2.22 bits per heavy atom. The van der Waals surface area contributed by atoms with Crippen LogP contribution in [0.25, 0.3) is 0 Å². The zero-order valence-electron chi connectivity index (χ0n) is 11.0. The Morgan fingerprint density at radius 1 is 1.44 bits per heavy atom. The van der Waals surface area contributed by atoms with Crippen LogP contribution in [0.15, 0.2) is 18.3 Å². The van der Waals surface area contributed by atoms with Gasteiger partial charge in [0.25, 0.3) is 0 Å². The molecule has 100 valence electrons. The highest BCUT2D eigenvalue weighted by Gasteiger charge is 2.03. The number of aromatic nitrogens is 1. The van der Waals surface area contributed by atoms with Crippen LogP contribution in [0.2, 0.25) is 0 Å². The van der Waals surface area contributed by atoms with Gasteiger partial charge in [-0.1, -0.05) is 0 Å². The van der Waals surface area contributed by atoms with E-state index in [1.54, 1.807) is 6.07 Å². The summed E-state index contributed by atoms with van der Waals surface area (Å²) in [6, 6.07) is 3.11. The molecule has 1 heterocycles. The summed E-state index contributed by atoms with van der Waals surface area (Å²) in [4.78, 5) is 17.1. The molecule has 5 nitrogen and oxygen atoms in total. The Bertz CT molecular complexity index is 380. The van der Waals surface area contributed by atoms with E-state index in [0.717, 1.165) is 31.6 Å². The molecule has 1 aromatic heterocycles. The lowest BCUT2D eigenvalue weighted by Gasteiger charge is -2.09. The van der Waals surface area contributed by atoms with Crippen molar-refractivity contribution in [2.45, 2.75) is 19.4 Å². The van der Waals surface area contributed by atoms with E-state index in [1.165, 1.54) is 12.3 Å².